The van der Waals surface area contributed by atoms with Crippen molar-refractivity contribution in [2.75, 3.05) is 0 Å². The molecular formula is C13H10INO2. The number of carbonyl (C=O) groups excluding carboxylic acids is 1. The minimum absolute atomic E-state index is 0.0564. The molecule has 0 aliphatic rings. The van der Waals surface area contributed by atoms with Gasteiger partial charge in [-0.05, 0) is 53.8 Å². The molecule has 0 aliphatic heterocycles. The highest BCUT2D eigenvalue weighted by atomic mass is 127. The van der Waals surface area contributed by atoms with Crippen molar-refractivity contribution in [1.82, 2.24) is 4.98 Å². The van der Waals surface area contributed by atoms with Gasteiger partial charge in [0.25, 0.3) is 0 Å². The molecule has 4 heteroatoms. The molecule has 0 atom stereocenters. The molecule has 0 spiro atoms. The van der Waals surface area contributed by atoms with Crippen molar-refractivity contribution in [3.05, 3.63) is 51.7 Å². The van der Waals surface area contributed by atoms with Gasteiger partial charge >= 0.3 is 0 Å². The molecular weight excluding hydrogens is 329 g/mol. The molecule has 0 unspecified atom stereocenters. The minimum atomic E-state index is -0.0564. The smallest absolute Gasteiger partial charge is 0.230 e. The Morgan fingerprint density at radius 3 is 2.71 bits per heavy atom. The van der Waals surface area contributed by atoms with Crippen LogP contribution in [0.25, 0.3) is 0 Å². The molecule has 2 rings (SSSR count). The number of rotatable bonds is 3. The molecule has 0 aliphatic carbocycles. The van der Waals surface area contributed by atoms with Crippen LogP contribution in [0.1, 0.15) is 17.3 Å². The Bertz CT molecular complexity index is 555. The lowest BCUT2D eigenvalue weighted by Gasteiger charge is -2.08. The first-order chi connectivity index (χ1) is 8.18. The number of ether oxygens (including phenoxy) is 1. The van der Waals surface area contributed by atoms with Crippen LogP contribution in [0.3, 0.4) is 0 Å². The standard InChI is InChI=1S/C13H10INO2/c1-9(16)10-5-4-8-15-13(10)17-12-7-3-2-6-11(12)14/h2-8H,1H3. The Hall–Kier alpha value is -1.43. The van der Waals surface area contributed by atoms with Crippen molar-refractivity contribution in [2.24, 2.45) is 0 Å². The molecule has 0 saturated carbocycles. The van der Waals surface area contributed by atoms with E-state index in [4.69, 9.17) is 4.74 Å². The van der Waals surface area contributed by atoms with E-state index in [1.54, 1.807) is 18.3 Å². The number of nitrogens with zero attached hydrogens (tertiary/aromatic N) is 1. The molecule has 3 nitrogen and oxygen atoms in total. The highest BCUT2D eigenvalue weighted by molar-refractivity contribution is 14.1. The number of carbonyl (C=O) groups is 1. The molecule has 1 aromatic heterocycles. The van der Waals surface area contributed by atoms with Crippen molar-refractivity contribution in [1.29, 1.82) is 0 Å². The summed E-state index contributed by atoms with van der Waals surface area (Å²) in [5.41, 5.74) is 0.493. The van der Waals surface area contributed by atoms with Gasteiger partial charge in [0.2, 0.25) is 5.88 Å². The van der Waals surface area contributed by atoms with E-state index < -0.39 is 0 Å². The number of pyridine rings is 1. The van der Waals surface area contributed by atoms with E-state index in [1.807, 2.05) is 24.3 Å². The molecule has 0 N–H and O–H groups in total. The van der Waals surface area contributed by atoms with Gasteiger partial charge < -0.3 is 4.74 Å². The average Bonchev–Trinajstić information content (AvgIpc) is 2.32. The van der Waals surface area contributed by atoms with Crippen LogP contribution >= 0.6 is 22.6 Å². The maximum Gasteiger partial charge on any atom is 0.230 e. The summed E-state index contributed by atoms with van der Waals surface area (Å²) < 4.78 is 6.64. The Morgan fingerprint density at radius 1 is 1.24 bits per heavy atom. The third-order valence-electron chi connectivity index (χ3n) is 2.19. The van der Waals surface area contributed by atoms with Gasteiger partial charge in [-0.25, -0.2) is 4.98 Å². The zero-order chi connectivity index (χ0) is 12.3. The summed E-state index contributed by atoms with van der Waals surface area (Å²) >= 11 is 2.18. The van der Waals surface area contributed by atoms with Gasteiger partial charge in [-0.2, -0.15) is 0 Å². The van der Waals surface area contributed by atoms with Crippen LogP contribution in [0.2, 0.25) is 0 Å². The van der Waals surface area contributed by atoms with Gasteiger partial charge in [-0.15, -0.1) is 0 Å². The number of hydrogen-bond donors (Lipinski definition) is 0. The van der Waals surface area contributed by atoms with Crippen molar-refractivity contribution in [2.45, 2.75) is 6.92 Å². The fourth-order valence-electron chi connectivity index (χ4n) is 1.37. The van der Waals surface area contributed by atoms with E-state index in [1.165, 1.54) is 6.92 Å². The van der Waals surface area contributed by atoms with Gasteiger partial charge in [0.05, 0.1) is 9.13 Å². The minimum Gasteiger partial charge on any atom is -0.437 e. The van der Waals surface area contributed by atoms with Crippen molar-refractivity contribution in [3.8, 4) is 11.6 Å². The monoisotopic (exact) mass is 339 g/mol. The van der Waals surface area contributed by atoms with Crippen LogP contribution in [0, 0.1) is 3.57 Å². The highest BCUT2D eigenvalue weighted by Gasteiger charge is 2.11. The number of para-hydroxylation sites is 1. The Kier molecular flexibility index (Phi) is 3.73. The number of halogens is 1. The molecule has 0 bridgehead atoms. The van der Waals surface area contributed by atoms with Crippen molar-refractivity contribution < 1.29 is 9.53 Å². The van der Waals surface area contributed by atoms with Gasteiger partial charge in [-0.3, -0.25) is 4.79 Å². The van der Waals surface area contributed by atoms with Gasteiger partial charge in [-0.1, -0.05) is 12.1 Å². The van der Waals surface area contributed by atoms with Crippen molar-refractivity contribution >= 4 is 28.4 Å². The number of Topliss-reactive ketones (excluding diaryl/α,β-unsaturated/α-hetero) is 1. The molecule has 0 amide bonds. The van der Waals surface area contributed by atoms with Gasteiger partial charge in [0.15, 0.2) is 5.78 Å². The molecule has 0 fully saturated rings. The van der Waals surface area contributed by atoms with Crippen LogP contribution in [-0.2, 0) is 0 Å². The molecule has 2 aromatic rings. The number of benzene rings is 1. The molecule has 1 aromatic carbocycles. The first kappa shape index (κ1) is 12.0. The Morgan fingerprint density at radius 2 is 2.00 bits per heavy atom. The molecule has 0 radical (unpaired) electrons. The summed E-state index contributed by atoms with van der Waals surface area (Å²) in [7, 11) is 0. The molecule has 1 heterocycles. The molecule has 17 heavy (non-hydrogen) atoms. The number of aromatic nitrogens is 1. The molecule has 86 valence electrons. The van der Waals surface area contributed by atoms with E-state index >= 15 is 0 Å². The first-order valence-electron chi connectivity index (χ1n) is 5.07. The normalized spacial score (nSPS) is 10.0. The molecule has 0 saturated heterocycles. The summed E-state index contributed by atoms with van der Waals surface area (Å²) in [5, 5.41) is 0. The fourth-order valence-corrected chi connectivity index (χ4v) is 1.87. The topological polar surface area (TPSA) is 39.2 Å². The number of ketones is 1. The largest absolute Gasteiger partial charge is 0.437 e. The third-order valence-corrected chi connectivity index (χ3v) is 3.08. The average molecular weight is 339 g/mol. The lowest BCUT2D eigenvalue weighted by atomic mass is 10.2. The Labute approximate surface area is 113 Å². The Balaban J connectivity index is 2.37. The van der Waals surface area contributed by atoms with E-state index in [9.17, 15) is 4.79 Å². The van der Waals surface area contributed by atoms with E-state index in [0.29, 0.717) is 17.2 Å². The summed E-state index contributed by atoms with van der Waals surface area (Å²) in [4.78, 5) is 15.5. The van der Waals surface area contributed by atoms with Crippen LogP contribution in [0.5, 0.6) is 11.6 Å². The third kappa shape index (κ3) is 2.82. The second-order valence-electron chi connectivity index (χ2n) is 3.44. The van der Waals surface area contributed by atoms with Crippen molar-refractivity contribution in [3.63, 3.8) is 0 Å². The number of hydrogen-bond acceptors (Lipinski definition) is 3. The van der Waals surface area contributed by atoms with Crippen LogP contribution < -0.4 is 4.74 Å². The summed E-state index contributed by atoms with van der Waals surface area (Å²) in [6.07, 6.45) is 1.61. The first-order valence-corrected chi connectivity index (χ1v) is 6.14. The predicted molar refractivity (Wildman–Crippen MR) is 73.5 cm³/mol. The quantitative estimate of drug-likeness (QED) is 0.633. The lowest BCUT2D eigenvalue weighted by Crippen LogP contribution is -1.99. The fraction of sp³-hybridized carbons (Fsp3) is 0.0769. The zero-order valence-corrected chi connectivity index (χ0v) is 11.3. The summed E-state index contributed by atoms with van der Waals surface area (Å²) in [6.45, 7) is 1.50. The van der Waals surface area contributed by atoms with Crippen LogP contribution in [-0.4, -0.2) is 10.8 Å². The predicted octanol–water partition coefficient (Wildman–Crippen LogP) is 3.68. The van der Waals surface area contributed by atoms with E-state index in [-0.39, 0.29) is 5.78 Å². The zero-order valence-electron chi connectivity index (χ0n) is 9.18. The van der Waals surface area contributed by atoms with E-state index in [2.05, 4.69) is 27.6 Å². The maximum absolute atomic E-state index is 11.4. The SMILES string of the molecule is CC(=O)c1cccnc1Oc1ccccc1I. The van der Waals surface area contributed by atoms with Gasteiger partial charge in [0.1, 0.15) is 5.75 Å². The van der Waals surface area contributed by atoms with Gasteiger partial charge in [0, 0.05) is 6.20 Å². The van der Waals surface area contributed by atoms with Crippen LogP contribution in [0.15, 0.2) is 42.6 Å². The van der Waals surface area contributed by atoms with E-state index in [0.717, 1.165) is 3.57 Å². The van der Waals surface area contributed by atoms with Crippen LogP contribution in [0.4, 0.5) is 0 Å². The lowest BCUT2D eigenvalue weighted by molar-refractivity contribution is 0.101. The second-order valence-corrected chi connectivity index (χ2v) is 4.61. The second kappa shape index (κ2) is 5.27. The highest BCUT2D eigenvalue weighted by Crippen LogP contribution is 2.27. The summed E-state index contributed by atoms with van der Waals surface area (Å²) in [5.74, 6) is 0.998. The summed E-state index contributed by atoms with van der Waals surface area (Å²) in [6, 6.07) is 11.0. The maximum atomic E-state index is 11.4.